The van der Waals surface area contributed by atoms with E-state index in [0.717, 1.165) is 17.2 Å². The Balaban J connectivity index is 1.81. The highest BCUT2D eigenvalue weighted by Gasteiger charge is 2.48. The average molecular weight is 376 g/mol. The molecular formula is C21H27ClFN3. The fraction of sp³-hybridized carbons (Fsp3) is 0.619. The molecule has 1 aromatic heterocycles. The summed E-state index contributed by atoms with van der Waals surface area (Å²) in [4.78, 5) is 0. The van der Waals surface area contributed by atoms with Crippen molar-refractivity contribution in [2.75, 3.05) is 0 Å². The summed E-state index contributed by atoms with van der Waals surface area (Å²) in [5.41, 5.74) is 0.927. The molecule has 1 aromatic carbocycles. The van der Waals surface area contributed by atoms with Gasteiger partial charge in [0.1, 0.15) is 11.6 Å². The lowest BCUT2D eigenvalue weighted by Gasteiger charge is -2.31. The van der Waals surface area contributed by atoms with Crippen molar-refractivity contribution < 1.29 is 4.39 Å². The first-order valence-electron chi connectivity index (χ1n) is 9.69. The minimum absolute atomic E-state index is 0.169. The summed E-state index contributed by atoms with van der Waals surface area (Å²) < 4.78 is 16.1. The second-order valence-electron chi connectivity index (χ2n) is 8.67. The summed E-state index contributed by atoms with van der Waals surface area (Å²) >= 11 is 6.11. The van der Waals surface area contributed by atoms with Crippen molar-refractivity contribution in [2.24, 2.45) is 0 Å². The first kappa shape index (κ1) is 18.0. The third-order valence-corrected chi connectivity index (χ3v) is 6.42. The van der Waals surface area contributed by atoms with E-state index in [2.05, 4.69) is 35.6 Å². The third-order valence-electron chi connectivity index (χ3n) is 6.16. The van der Waals surface area contributed by atoms with Gasteiger partial charge in [0, 0.05) is 16.5 Å². The first-order valence-corrected chi connectivity index (χ1v) is 10.1. The lowest BCUT2D eigenvalue weighted by molar-refractivity contribution is 0.303. The molecule has 0 N–H and O–H groups in total. The molecule has 2 aliphatic rings. The number of nitrogens with zero attached hydrogens (tertiary/aromatic N) is 3. The number of aromatic nitrogens is 3. The molecule has 1 unspecified atom stereocenters. The standard InChI is InChI=1S/C21H27ClFN3/c1-14(23)10-11-21(3,15-4-6-16(22)7-5-15)19-25-24-18(20(2)12-13-20)26(19)17-8-9-17/h4-7,14,17H,8-13H2,1-3H3/t14?,21-/m1/s1. The zero-order valence-electron chi connectivity index (χ0n) is 15.8. The quantitative estimate of drug-likeness (QED) is 0.615. The number of rotatable bonds is 7. The Morgan fingerprint density at radius 2 is 1.92 bits per heavy atom. The van der Waals surface area contributed by atoms with Gasteiger partial charge in [0.15, 0.2) is 0 Å². The normalized spacial score (nSPS) is 22.0. The SMILES string of the molecule is CC(F)CC[C@](C)(c1ccc(Cl)cc1)c1nnc(C2(C)CC2)n1C1CC1. The minimum Gasteiger partial charge on any atom is -0.311 e. The van der Waals surface area contributed by atoms with Crippen LogP contribution in [0.3, 0.4) is 0 Å². The molecule has 2 fully saturated rings. The Labute approximate surface area is 160 Å². The van der Waals surface area contributed by atoms with E-state index in [9.17, 15) is 4.39 Å². The van der Waals surface area contributed by atoms with Gasteiger partial charge in [-0.3, -0.25) is 0 Å². The molecule has 0 spiro atoms. The number of alkyl halides is 1. The number of halogens is 2. The molecule has 2 atom stereocenters. The van der Waals surface area contributed by atoms with Crippen molar-refractivity contribution in [3.8, 4) is 0 Å². The van der Waals surface area contributed by atoms with Gasteiger partial charge in [-0.2, -0.15) is 0 Å². The Kier molecular flexibility index (Phi) is 4.37. The van der Waals surface area contributed by atoms with Gasteiger partial charge in [-0.05, 0) is 70.1 Å². The Bertz CT molecular complexity index is 790. The van der Waals surface area contributed by atoms with Crippen LogP contribution in [0.15, 0.2) is 24.3 Å². The van der Waals surface area contributed by atoms with Gasteiger partial charge in [0.2, 0.25) is 0 Å². The first-order chi connectivity index (χ1) is 12.3. The van der Waals surface area contributed by atoms with Crippen LogP contribution in [0.5, 0.6) is 0 Å². The largest absolute Gasteiger partial charge is 0.311 e. The lowest BCUT2D eigenvalue weighted by atomic mass is 9.77. The van der Waals surface area contributed by atoms with Gasteiger partial charge in [0.25, 0.3) is 0 Å². The van der Waals surface area contributed by atoms with Gasteiger partial charge in [0.05, 0.1) is 11.6 Å². The second kappa shape index (κ2) is 6.33. The topological polar surface area (TPSA) is 30.7 Å². The van der Waals surface area contributed by atoms with Gasteiger partial charge >= 0.3 is 0 Å². The molecule has 2 aromatic rings. The van der Waals surface area contributed by atoms with Crippen LogP contribution < -0.4 is 0 Å². The smallest absolute Gasteiger partial charge is 0.143 e. The van der Waals surface area contributed by atoms with E-state index in [1.54, 1.807) is 6.92 Å². The van der Waals surface area contributed by atoms with Gasteiger partial charge in [-0.1, -0.05) is 30.7 Å². The molecule has 0 radical (unpaired) electrons. The van der Waals surface area contributed by atoms with Crippen LogP contribution in [0.4, 0.5) is 4.39 Å². The zero-order valence-corrected chi connectivity index (χ0v) is 16.6. The molecule has 5 heteroatoms. The molecule has 140 valence electrons. The lowest BCUT2D eigenvalue weighted by Crippen LogP contribution is -2.30. The monoisotopic (exact) mass is 375 g/mol. The van der Waals surface area contributed by atoms with Crippen molar-refractivity contribution in [1.29, 1.82) is 0 Å². The van der Waals surface area contributed by atoms with Gasteiger partial charge < -0.3 is 4.57 Å². The van der Waals surface area contributed by atoms with Gasteiger partial charge in [-0.25, -0.2) is 4.39 Å². The molecule has 2 aliphatic carbocycles. The maximum Gasteiger partial charge on any atom is 0.143 e. The summed E-state index contributed by atoms with van der Waals surface area (Å²) in [5.74, 6) is 2.12. The third kappa shape index (κ3) is 3.17. The van der Waals surface area contributed by atoms with E-state index in [4.69, 9.17) is 16.7 Å². The molecule has 0 saturated heterocycles. The van der Waals surface area contributed by atoms with E-state index in [1.165, 1.54) is 25.7 Å². The van der Waals surface area contributed by atoms with Crippen LogP contribution in [-0.2, 0) is 10.8 Å². The fourth-order valence-corrected chi connectivity index (χ4v) is 3.99. The van der Waals surface area contributed by atoms with E-state index in [1.807, 2.05) is 12.1 Å². The minimum atomic E-state index is -0.834. The summed E-state index contributed by atoms with van der Waals surface area (Å²) in [6.45, 7) is 6.09. The summed E-state index contributed by atoms with van der Waals surface area (Å²) in [6, 6.07) is 8.43. The molecule has 0 aliphatic heterocycles. The molecule has 0 amide bonds. The highest BCUT2D eigenvalue weighted by Crippen LogP contribution is 2.51. The molecular weight excluding hydrogens is 349 g/mol. The van der Waals surface area contributed by atoms with Crippen LogP contribution in [0.25, 0.3) is 0 Å². The van der Waals surface area contributed by atoms with E-state index in [0.29, 0.717) is 23.9 Å². The second-order valence-corrected chi connectivity index (χ2v) is 9.10. The molecule has 4 rings (SSSR count). The Morgan fingerprint density at radius 1 is 1.27 bits per heavy atom. The van der Waals surface area contributed by atoms with Crippen molar-refractivity contribution in [3.05, 3.63) is 46.5 Å². The number of hydrogen-bond donors (Lipinski definition) is 0. The van der Waals surface area contributed by atoms with E-state index < -0.39 is 6.17 Å². The van der Waals surface area contributed by atoms with Crippen LogP contribution in [0.2, 0.25) is 5.02 Å². The van der Waals surface area contributed by atoms with E-state index >= 15 is 0 Å². The predicted molar refractivity (Wildman–Crippen MR) is 103 cm³/mol. The van der Waals surface area contributed by atoms with Crippen molar-refractivity contribution >= 4 is 11.6 Å². The zero-order chi connectivity index (χ0) is 18.5. The van der Waals surface area contributed by atoms with Crippen LogP contribution in [-0.4, -0.2) is 20.9 Å². The molecule has 3 nitrogen and oxygen atoms in total. The van der Waals surface area contributed by atoms with Crippen LogP contribution >= 0.6 is 11.6 Å². The average Bonchev–Trinajstić information content (AvgIpc) is 3.53. The van der Waals surface area contributed by atoms with Crippen LogP contribution in [0.1, 0.15) is 82.6 Å². The molecule has 0 bridgehead atoms. The van der Waals surface area contributed by atoms with Crippen molar-refractivity contribution in [3.63, 3.8) is 0 Å². The number of hydrogen-bond acceptors (Lipinski definition) is 2. The summed E-state index contributed by atoms with van der Waals surface area (Å²) in [7, 11) is 0. The van der Waals surface area contributed by atoms with Crippen molar-refractivity contribution in [1.82, 2.24) is 14.8 Å². The molecule has 26 heavy (non-hydrogen) atoms. The van der Waals surface area contributed by atoms with Crippen LogP contribution in [0, 0.1) is 0 Å². The highest BCUT2D eigenvalue weighted by atomic mass is 35.5. The summed E-state index contributed by atoms with van der Waals surface area (Å²) in [6.07, 6.45) is 5.10. The molecule has 2 saturated carbocycles. The maximum atomic E-state index is 13.7. The number of benzene rings is 1. The Morgan fingerprint density at radius 3 is 2.46 bits per heavy atom. The maximum absolute atomic E-state index is 13.7. The Hall–Kier alpha value is -1.42. The fourth-order valence-electron chi connectivity index (χ4n) is 3.86. The summed E-state index contributed by atoms with van der Waals surface area (Å²) in [5, 5.41) is 10.0. The molecule has 1 heterocycles. The highest BCUT2D eigenvalue weighted by molar-refractivity contribution is 6.30. The van der Waals surface area contributed by atoms with Gasteiger partial charge in [-0.15, -0.1) is 10.2 Å². The van der Waals surface area contributed by atoms with E-state index in [-0.39, 0.29) is 10.8 Å². The predicted octanol–water partition coefficient (Wildman–Crippen LogP) is 5.76. The van der Waals surface area contributed by atoms with Crippen molar-refractivity contribution in [2.45, 2.75) is 82.3 Å².